The quantitative estimate of drug-likeness (QED) is 0.874. The molecule has 2 amide bonds. The highest BCUT2D eigenvalue weighted by molar-refractivity contribution is 5.93. The van der Waals surface area contributed by atoms with Crippen molar-refractivity contribution in [3.63, 3.8) is 0 Å². The van der Waals surface area contributed by atoms with Gasteiger partial charge in [0.05, 0.1) is 0 Å². The molecule has 2 saturated carbocycles. The number of fused-ring (bicyclic) bond motifs is 2. The maximum absolute atomic E-state index is 12.7. The highest BCUT2D eigenvalue weighted by Crippen LogP contribution is 2.48. The minimum Gasteiger partial charge on any atom is -0.345 e. The Balaban J connectivity index is 1.48. The molecule has 0 aliphatic heterocycles. The van der Waals surface area contributed by atoms with Crippen molar-refractivity contribution in [2.75, 3.05) is 0 Å². The van der Waals surface area contributed by atoms with Crippen LogP contribution in [0.15, 0.2) is 42.7 Å². The maximum Gasteiger partial charge on any atom is 0.270 e. The minimum absolute atomic E-state index is 0.132. The Hall–Kier alpha value is -2.76. The lowest BCUT2D eigenvalue weighted by atomic mass is 9.78. The number of carbonyl (C=O) groups is 2. The summed E-state index contributed by atoms with van der Waals surface area (Å²) in [4.78, 5) is 33.7. The molecule has 2 unspecified atom stereocenters. The van der Waals surface area contributed by atoms with Crippen LogP contribution in [0, 0.1) is 6.92 Å². The first kappa shape index (κ1) is 17.6. The van der Waals surface area contributed by atoms with E-state index in [1.54, 1.807) is 30.6 Å². The van der Waals surface area contributed by atoms with Gasteiger partial charge in [0.2, 0.25) is 0 Å². The van der Waals surface area contributed by atoms with Crippen LogP contribution in [0.2, 0.25) is 0 Å². The van der Waals surface area contributed by atoms with Gasteiger partial charge in [-0.1, -0.05) is 6.07 Å². The van der Waals surface area contributed by atoms with Crippen LogP contribution in [0.1, 0.15) is 65.1 Å². The molecular formula is C21H24N4O2. The van der Waals surface area contributed by atoms with E-state index >= 15 is 0 Å². The summed E-state index contributed by atoms with van der Waals surface area (Å²) in [7, 11) is 0. The molecule has 2 aromatic rings. The number of pyridine rings is 2. The van der Waals surface area contributed by atoms with E-state index < -0.39 is 0 Å². The van der Waals surface area contributed by atoms with Crippen molar-refractivity contribution in [3.8, 4) is 0 Å². The lowest BCUT2D eigenvalue weighted by Crippen LogP contribution is -2.55. The third kappa shape index (κ3) is 3.56. The Labute approximate surface area is 158 Å². The summed E-state index contributed by atoms with van der Waals surface area (Å²) in [6, 6.07) is 9.02. The number of carbonyl (C=O) groups excluding carboxylic acids is 2. The zero-order valence-corrected chi connectivity index (χ0v) is 15.5. The third-order valence-corrected chi connectivity index (χ3v) is 5.87. The van der Waals surface area contributed by atoms with Crippen LogP contribution >= 0.6 is 0 Å². The van der Waals surface area contributed by atoms with Crippen LogP contribution in [-0.4, -0.2) is 32.9 Å². The van der Waals surface area contributed by atoms with Crippen molar-refractivity contribution < 1.29 is 9.59 Å². The van der Waals surface area contributed by atoms with Crippen molar-refractivity contribution in [1.82, 2.24) is 20.6 Å². The van der Waals surface area contributed by atoms with Crippen LogP contribution in [0.5, 0.6) is 0 Å². The smallest absolute Gasteiger partial charge is 0.270 e. The van der Waals surface area contributed by atoms with E-state index in [0.29, 0.717) is 11.4 Å². The standard InChI is InChI=1S/C21H24N4O2/c1-15-6-12-23-17(13-15)19(27)25-21-8-4-7-20(14-21,9-10-21)24-18(26)16-5-2-3-11-22-16/h2-3,5-6,11-13H,4,7-10,14H2,1H3,(H,24,26)(H,25,27). The Kier molecular flexibility index (Phi) is 4.42. The van der Waals surface area contributed by atoms with Gasteiger partial charge in [0.1, 0.15) is 11.4 Å². The number of hydrogen-bond acceptors (Lipinski definition) is 4. The lowest BCUT2D eigenvalue weighted by Gasteiger charge is -2.40. The number of nitrogens with zero attached hydrogens (tertiary/aromatic N) is 2. The van der Waals surface area contributed by atoms with Gasteiger partial charge in [0, 0.05) is 23.5 Å². The molecule has 6 heteroatoms. The van der Waals surface area contributed by atoms with E-state index in [2.05, 4.69) is 20.6 Å². The minimum atomic E-state index is -0.266. The predicted octanol–water partition coefficient (Wildman–Crippen LogP) is 2.79. The van der Waals surface area contributed by atoms with E-state index in [-0.39, 0.29) is 22.9 Å². The average Bonchev–Trinajstić information content (AvgIpc) is 2.92. The van der Waals surface area contributed by atoms with Gasteiger partial charge in [-0.2, -0.15) is 0 Å². The molecule has 27 heavy (non-hydrogen) atoms. The molecule has 2 aromatic heterocycles. The van der Waals surface area contributed by atoms with Crippen molar-refractivity contribution in [2.24, 2.45) is 0 Å². The molecule has 0 saturated heterocycles. The largest absolute Gasteiger partial charge is 0.345 e. The molecule has 0 spiro atoms. The first-order chi connectivity index (χ1) is 13.0. The summed E-state index contributed by atoms with van der Waals surface area (Å²) in [6.07, 6.45) is 8.63. The van der Waals surface area contributed by atoms with Crippen LogP contribution in [0.3, 0.4) is 0 Å². The Bertz CT molecular complexity index is 869. The second-order valence-corrected chi connectivity index (χ2v) is 7.93. The van der Waals surface area contributed by atoms with Gasteiger partial charge < -0.3 is 10.6 Å². The first-order valence-electron chi connectivity index (χ1n) is 9.48. The number of nitrogens with one attached hydrogen (secondary N) is 2. The number of aryl methyl sites for hydroxylation is 1. The molecule has 6 nitrogen and oxygen atoms in total. The van der Waals surface area contributed by atoms with Crippen molar-refractivity contribution in [2.45, 2.75) is 56.5 Å². The van der Waals surface area contributed by atoms with Gasteiger partial charge in [-0.05, 0) is 75.3 Å². The number of rotatable bonds is 4. The molecule has 2 atom stereocenters. The first-order valence-corrected chi connectivity index (χ1v) is 9.48. The molecule has 2 heterocycles. The number of amides is 2. The summed E-state index contributed by atoms with van der Waals surface area (Å²) in [5, 5.41) is 6.46. The topological polar surface area (TPSA) is 84.0 Å². The molecule has 2 bridgehead atoms. The summed E-state index contributed by atoms with van der Waals surface area (Å²) in [5.41, 5.74) is 1.37. The summed E-state index contributed by atoms with van der Waals surface area (Å²) < 4.78 is 0. The second kappa shape index (κ2) is 6.76. The average molecular weight is 364 g/mol. The van der Waals surface area contributed by atoms with Gasteiger partial charge in [-0.25, -0.2) is 0 Å². The van der Waals surface area contributed by atoms with Gasteiger partial charge in [-0.3, -0.25) is 19.6 Å². The van der Waals surface area contributed by atoms with Crippen molar-refractivity contribution in [1.29, 1.82) is 0 Å². The molecular weight excluding hydrogens is 340 g/mol. The summed E-state index contributed by atoms with van der Waals surface area (Å²) in [5.74, 6) is -0.271. The fourth-order valence-electron chi connectivity index (χ4n) is 4.60. The van der Waals surface area contributed by atoms with Crippen molar-refractivity contribution >= 4 is 11.8 Å². The van der Waals surface area contributed by atoms with Crippen LogP contribution in [0.4, 0.5) is 0 Å². The molecule has 2 aliphatic rings. The Morgan fingerprint density at radius 1 is 0.889 bits per heavy atom. The van der Waals surface area contributed by atoms with Gasteiger partial charge >= 0.3 is 0 Å². The van der Waals surface area contributed by atoms with E-state index in [1.165, 1.54) is 0 Å². The maximum atomic E-state index is 12.7. The Morgan fingerprint density at radius 3 is 2.19 bits per heavy atom. The van der Waals surface area contributed by atoms with E-state index in [9.17, 15) is 9.59 Å². The normalized spacial score (nSPS) is 26.4. The van der Waals surface area contributed by atoms with Gasteiger partial charge in [0.25, 0.3) is 11.8 Å². The number of aromatic nitrogens is 2. The van der Waals surface area contributed by atoms with E-state index in [1.807, 2.05) is 19.1 Å². The zero-order chi connectivity index (χ0) is 18.9. The fraction of sp³-hybridized carbons (Fsp3) is 0.429. The molecule has 2 fully saturated rings. The molecule has 2 aliphatic carbocycles. The highest BCUT2D eigenvalue weighted by atomic mass is 16.2. The molecule has 0 radical (unpaired) electrons. The fourth-order valence-corrected chi connectivity index (χ4v) is 4.60. The van der Waals surface area contributed by atoms with Crippen LogP contribution in [0.25, 0.3) is 0 Å². The molecule has 2 N–H and O–H groups in total. The summed E-state index contributed by atoms with van der Waals surface area (Å²) >= 11 is 0. The van der Waals surface area contributed by atoms with Crippen LogP contribution in [-0.2, 0) is 0 Å². The molecule has 140 valence electrons. The molecule has 4 rings (SSSR count). The van der Waals surface area contributed by atoms with E-state index in [4.69, 9.17) is 0 Å². The Morgan fingerprint density at radius 2 is 1.56 bits per heavy atom. The third-order valence-electron chi connectivity index (χ3n) is 5.87. The van der Waals surface area contributed by atoms with Crippen molar-refractivity contribution in [3.05, 3.63) is 59.7 Å². The van der Waals surface area contributed by atoms with Crippen LogP contribution < -0.4 is 10.6 Å². The zero-order valence-electron chi connectivity index (χ0n) is 15.5. The predicted molar refractivity (Wildman–Crippen MR) is 101 cm³/mol. The second-order valence-electron chi connectivity index (χ2n) is 7.93. The highest BCUT2D eigenvalue weighted by Gasteiger charge is 2.52. The van der Waals surface area contributed by atoms with E-state index in [0.717, 1.165) is 44.1 Å². The monoisotopic (exact) mass is 364 g/mol. The molecule has 0 aromatic carbocycles. The van der Waals surface area contributed by atoms with Gasteiger partial charge in [0.15, 0.2) is 0 Å². The lowest BCUT2D eigenvalue weighted by molar-refractivity contribution is 0.0827. The van der Waals surface area contributed by atoms with Gasteiger partial charge in [-0.15, -0.1) is 0 Å². The number of hydrogen-bond donors (Lipinski definition) is 2. The summed E-state index contributed by atoms with van der Waals surface area (Å²) in [6.45, 7) is 1.95. The SMILES string of the molecule is Cc1ccnc(C(=O)NC23CCCC(NC(=O)c4ccccn4)(CC2)C3)c1.